The van der Waals surface area contributed by atoms with Crippen molar-refractivity contribution in [2.75, 3.05) is 25.3 Å². The van der Waals surface area contributed by atoms with Gasteiger partial charge in [0.15, 0.2) is 24.7 Å². The van der Waals surface area contributed by atoms with Crippen molar-refractivity contribution in [3.05, 3.63) is 47.5 Å². The topological polar surface area (TPSA) is 83.1 Å². The van der Waals surface area contributed by atoms with Gasteiger partial charge in [-0.2, -0.15) is 0 Å². The van der Waals surface area contributed by atoms with E-state index in [1.54, 1.807) is 42.5 Å². The number of nitrogens with one attached hydrogen (secondary N) is 1. The summed E-state index contributed by atoms with van der Waals surface area (Å²) in [6.45, 7) is -0.629. The monoisotopic (exact) mass is 363 g/mol. The van der Waals surface area contributed by atoms with E-state index in [9.17, 15) is 9.59 Å². The second-order valence-corrected chi connectivity index (χ2v) is 5.40. The van der Waals surface area contributed by atoms with Crippen LogP contribution in [0.3, 0.4) is 0 Å². The van der Waals surface area contributed by atoms with E-state index >= 15 is 0 Å². The molecule has 8 heteroatoms. The number of anilines is 1. The van der Waals surface area contributed by atoms with Gasteiger partial charge >= 0.3 is 5.97 Å². The van der Waals surface area contributed by atoms with Gasteiger partial charge in [-0.3, -0.25) is 4.79 Å². The first-order valence-corrected chi connectivity index (χ1v) is 7.72. The molecule has 0 atom stereocenters. The SMILES string of the molecule is O=C(COC(=O)COc1ccccc1Cl)Nc1ccc2c(c1)OCO2. The van der Waals surface area contributed by atoms with E-state index in [4.69, 9.17) is 30.5 Å². The molecule has 1 aliphatic heterocycles. The minimum atomic E-state index is -0.680. The van der Waals surface area contributed by atoms with Gasteiger partial charge in [0.1, 0.15) is 5.75 Å². The van der Waals surface area contributed by atoms with Crippen LogP contribution in [0.1, 0.15) is 0 Å². The van der Waals surface area contributed by atoms with Gasteiger partial charge in [-0.1, -0.05) is 23.7 Å². The average Bonchev–Trinajstić information content (AvgIpc) is 3.07. The minimum absolute atomic E-state index is 0.149. The van der Waals surface area contributed by atoms with Gasteiger partial charge in [0.2, 0.25) is 6.79 Å². The van der Waals surface area contributed by atoms with Crippen molar-refractivity contribution in [3.8, 4) is 17.2 Å². The molecule has 0 aliphatic carbocycles. The lowest BCUT2D eigenvalue weighted by atomic mass is 10.3. The van der Waals surface area contributed by atoms with E-state index in [0.717, 1.165) is 0 Å². The van der Waals surface area contributed by atoms with Crippen LogP contribution in [0.25, 0.3) is 0 Å². The maximum atomic E-state index is 11.8. The van der Waals surface area contributed by atoms with Crippen molar-refractivity contribution in [1.82, 2.24) is 0 Å². The quantitative estimate of drug-likeness (QED) is 0.794. The first kappa shape index (κ1) is 16.9. The zero-order valence-corrected chi connectivity index (χ0v) is 13.7. The third kappa shape index (κ3) is 4.54. The Morgan fingerprint density at radius 2 is 1.88 bits per heavy atom. The molecule has 1 aliphatic rings. The summed E-state index contributed by atoms with van der Waals surface area (Å²) in [7, 11) is 0. The third-order valence-electron chi connectivity index (χ3n) is 3.20. The van der Waals surface area contributed by atoms with Gasteiger partial charge in [0, 0.05) is 11.8 Å². The normalized spacial score (nSPS) is 11.7. The summed E-state index contributed by atoms with van der Waals surface area (Å²) < 4.78 is 20.5. The van der Waals surface area contributed by atoms with Crippen molar-refractivity contribution < 1.29 is 28.5 Å². The molecule has 1 heterocycles. The molecule has 2 aromatic carbocycles. The first-order valence-electron chi connectivity index (χ1n) is 7.34. The van der Waals surface area contributed by atoms with Crippen molar-refractivity contribution in [2.24, 2.45) is 0 Å². The lowest BCUT2D eigenvalue weighted by molar-refractivity contribution is -0.149. The molecular formula is C17H14ClNO6. The molecule has 0 fully saturated rings. The van der Waals surface area contributed by atoms with E-state index in [1.807, 2.05) is 0 Å². The van der Waals surface area contributed by atoms with Crippen LogP contribution in [-0.2, 0) is 14.3 Å². The number of hydrogen-bond donors (Lipinski definition) is 1. The number of carbonyl (C=O) groups excluding carboxylic acids is 2. The van der Waals surface area contributed by atoms with Crippen molar-refractivity contribution >= 4 is 29.2 Å². The molecule has 1 amide bonds. The molecule has 1 N–H and O–H groups in total. The van der Waals surface area contributed by atoms with Gasteiger partial charge in [0.05, 0.1) is 5.02 Å². The minimum Gasteiger partial charge on any atom is -0.480 e. The smallest absolute Gasteiger partial charge is 0.344 e. The number of rotatable bonds is 6. The summed E-state index contributed by atoms with van der Waals surface area (Å²) in [6.07, 6.45) is 0. The summed E-state index contributed by atoms with van der Waals surface area (Å²) in [4.78, 5) is 23.5. The molecule has 0 aromatic heterocycles. The Labute approximate surface area is 148 Å². The van der Waals surface area contributed by atoms with Crippen LogP contribution >= 0.6 is 11.6 Å². The highest BCUT2D eigenvalue weighted by Crippen LogP contribution is 2.34. The van der Waals surface area contributed by atoms with Crippen molar-refractivity contribution in [1.29, 1.82) is 0 Å². The van der Waals surface area contributed by atoms with Gasteiger partial charge in [-0.15, -0.1) is 0 Å². The number of ether oxygens (including phenoxy) is 4. The van der Waals surface area contributed by atoms with Crippen LogP contribution in [0.4, 0.5) is 5.69 Å². The maximum absolute atomic E-state index is 11.8. The van der Waals surface area contributed by atoms with Crippen LogP contribution < -0.4 is 19.5 Å². The van der Waals surface area contributed by atoms with Crippen molar-refractivity contribution in [2.45, 2.75) is 0 Å². The van der Waals surface area contributed by atoms with E-state index in [1.165, 1.54) is 0 Å². The Kier molecular flexibility index (Phi) is 5.25. The fraction of sp³-hybridized carbons (Fsp3) is 0.176. The molecule has 7 nitrogen and oxygen atoms in total. The number of fused-ring (bicyclic) bond motifs is 1. The molecular weight excluding hydrogens is 350 g/mol. The Hall–Kier alpha value is -2.93. The summed E-state index contributed by atoms with van der Waals surface area (Å²) in [6, 6.07) is 11.7. The summed E-state index contributed by atoms with van der Waals surface area (Å²) in [5.74, 6) is 0.362. The largest absolute Gasteiger partial charge is 0.480 e. The predicted molar refractivity (Wildman–Crippen MR) is 89.1 cm³/mol. The number of halogens is 1. The van der Waals surface area contributed by atoms with Gasteiger partial charge in [-0.05, 0) is 24.3 Å². The van der Waals surface area contributed by atoms with E-state index in [0.29, 0.717) is 28.0 Å². The molecule has 0 saturated heterocycles. The molecule has 0 saturated carbocycles. The Bertz CT molecular complexity index is 794. The Morgan fingerprint density at radius 1 is 1.08 bits per heavy atom. The fourth-order valence-electron chi connectivity index (χ4n) is 2.06. The number of benzene rings is 2. The predicted octanol–water partition coefficient (Wildman–Crippen LogP) is 2.63. The van der Waals surface area contributed by atoms with E-state index in [-0.39, 0.29) is 13.4 Å². The Morgan fingerprint density at radius 3 is 2.72 bits per heavy atom. The number of amides is 1. The van der Waals surface area contributed by atoms with Crippen molar-refractivity contribution in [3.63, 3.8) is 0 Å². The standard InChI is InChI=1S/C17H14ClNO6/c18-12-3-1-2-4-13(12)22-9-17(21)23-8-16(20)19-11-5-6-14-15(7-11)25-10-24-14/h1-7H,8-10H2,(H,19,20). The number of para-hydroxylation sites is 1. The highest BCUT2D eigenvalue weighted by Gasteiger charge is 2.15. The molecule has 3 rings (SSSR count). The highest BCUT2D eigenvalue weighted by molar-refractivity contribution is 6.32. The molecule has 0 radical (unpaired) electrons. The number of esters is 1. The summed E-state index contributed by atoms with van der Waals surface area (Å²) in [5, 5.41) is 2.98. The zero-order chi connectivity index (χ0) is 17.6. The van der Waals surface area contributed by atoms with E-state index < -0.39 is 18.5 Å². The van der Waals surface area contributed by atoms with Crippen LogP contribution in [0.5, 0.6) is 17.2 Å². The Balaban J connectivity index is 1.42. The number of carbonyl (C=O) groups is 2. The summed E-state index contributed by atoms with van der Waals surface area (Å²) in [5.41, 5.74) is 0.512. The third-order valence-corrected chi connectivity index (χ3v) is 3.52. The van der Waals surface area contributed by atoms with Crippen LogP contribution in [0.2, 0.25) is 5.02 Å². The molecule has 0 spiro atoms. The van der Waals surface area contributed by atoms with Crippen LogP contribution in [0, 0.1) is 0 Å². The summed E-state index contributed by atoms with van der Waals surface area (Å²) >= 11 is 5.91. The average molecular weight is 364 g/mol. The first-order chi connectivity index (χ1) is 12.1. The van der Waals surface area contributed by atoms with E-state index in [2.05, 4.69) is 5.32 Å². The van der Waals surface area contributed by atoms with Gasteiger partial charge in [-0.25, -0.2) is 4.79 Å². The molecule has 0 bridgehead atoms. The fourth-order valence-corrected chi connectivity index (χ4v) is 2.25. The number of hydrogen-bond acceptors (Lipinski definition) is 6. The lowest BCUT2D eigenvalue weighted by Gasteiger charge is -2.09. The molecule has 130 valence electrons. The van der Waals surface area contributed by atoms with Gasteiger partial charge < -0.3 is 24.3 Å². The van der Waals surface area contributed by atoms with Gasteiger partial charge in [0.25, 0.3) is 5.91 Å². The molecule has 2 aromatic rings. The van der Waals surface area contributed by atoms with Crippen LogP contribution in [-0.4, -0.2) is 31.9 Å². The lowest BCUT2D eigenvalue weighted by Crippen LogP contribution is -2.23. The second kappa shape index (κ2) is 7.76. The maximum Gasteiger partial charge on any atom is 0.344 e. The second-order valence-electron chi connectivity index (χ2n) is 5.00. The molecule has 0 unspecified atom stereocenters. The van der Waals surface area contributed by atoms with Crippen LogP contribution in [0.15, 0.2) is 42.5 Å². The zero-order valence-electron chi connectivity index (χ0n) is 13.0. The highest BCUT2D eigenvalue weighted by atomic mass is 35.5. The molecule has 25 heavy (non-hydrogen) atoms.